The molecule has 1 heterocycles. The molecule has 0 radical (unpaired) electrons. The summed E-state index contributed by atoms with van der Waals surface area (Å²) in [5.41, 5.74) is 0. The number of nitrogens with zero attached hydrogens (tertiary/aromatic N) is 3. The summed E-state index contributed by atoms with van der Waals surface area (Å²) in [5, 5.41) is 4.33. The van der Waals surface area contributed by atoms with Crippen LogP contribution >= 0.6 is 15.9 Å². The quantitative estimate of drug-likeness (QED) is 0.773. The lowest BCUT2D eigenvalue weighted by Gasteiger charge is -2.19. The molecule has 78 valence electrons. The van der Waals surface area contributed by atoms with Gasteiger partial charge in [-0.1, -0.05) is 32.1 Å². The number of aromatic nitrogens is 3. The van der Waals surface area contributed by atoms with Crippen molar-refractivity contribution in [2.45, 2.75) is 51.0 Å². The molecule has 3 nitrogen and oxygen atoms in total. The third-order valence-corrected chi connectivity index (χ3v) is 3.29. The maximum atomic E-state index is 4.33. The Bertz CT molecular complexity index is 277. The van der Waals surface area contributed by atoms with Crippen LogP contribution in [0.3, 0.4) is 0 Å². The predicted molar refractivity (Wildman–Crippen MR) is 59.1 cm³/mol. The lowest BCUT2D eigenvalue weighted by atomic mass is 9.97. The monoisotopic (exact) mass is 257 g/mol. The van der Waals surface area contributed by atoms with Crippen molar-refractivity contribution in [3.05, 3.63) is 11.1 Å². The van der Waals surface area contributed by atoms with Gasteiger partial charge in [-0.2, -0.15) is 0 Å². The molecule has 0 N–H and O–H groups in total. The van der Waals surface area contributed by atoms with E-state index in [9.17, 15) is 0 Å². The first-order chi connectivity index (χ1) is 6.86. The van der Waals surface area contributed by atoms with E-state index in [1.165, 1.54) is 44.9 Å². The van der Waals surface area contributed by atoms with Crippen molar-refractivity contribution in [2.75, 3.05) is 0 Å². The maximum absolute atomic E-state index is 4.33. The Labute approximate surface area is 93.0 Å². The van der Waals surface area contributed by atoms with Gasteiger partial charge in [0.2, 0.25) is 4.73 Å². The summed E-state index contributed by atoms with van der Waals surface area (Å²) in [6.45, 7) is 0. The van der Waals surface area contributed by atoms with E-state index in [2.05, 4.69) is 26.0 Å². The van der Waals surface area contributed by atoms with Crippen LogP contribution in [-0.2, 0) is 0 Å². The van der Waals surface area contributed by atoms with E-state index >= 15 is 0 Å². The first-order valence-electron chi connectivity index (χ1n) is 5.43. The molecule has 1 fully saturated rings. The van der Waals surface area contributed by atoms with Crippen molar-refractivity contribution in [1.29, 1.82) is 0 Å². The van der Waals surface area contributed by atoms with Gasteiger partial charge in [0.15, 0.2) is 0 Å². The van der Waals surface area contributed by atoms with Crippen molar-refractivity contribution in [2.24, 2.45) is 0 Å². The minimum absolute atomic E-state index is 0.578. The zero-order valence-electron chi connectivity index (χ0n) is 8.32. The molecular weight excluding hydrogens is 242 g/mol. The fraction of sp³-hybridized carbons (Fsp3) is 0.800. The van der Waals surface area contributed by atoms with Gasteiger partial charge >= 0.3 is 0 Å². The van der Waals surface area contributed by atoms with Gasteiger partial charge in [-0.05, 0) is 28.8 Å². The van der Waals surface area contributed by atoms with Gasteiger partial charge in [0.05, 0.1) is 6.04 Å². The normalized spacial score (nSPS) is 20.4. The highest BCUT2D eigenvalue weighted by atomic mass is 79.9. The van der Waals surface area contributed by atoms with Gasteiger partial charge in [-0.25, -0.2) is 9.67 Å². The molecule has 1 aliphatic rings. The van der Waals surface area contributed by atoms with Crippen molar-refractivity contribution >= 4 is 15.9 Å². The highest BCUT2D eigenvalue weighted by Gasteiger charge is 2.14. The standard InChI is InChI=1S/C10H16BrN3/c11-10-12-8-14(13-10)9-6-4-2-1-3-5-7-9/h8-9H,1-7H2. The van der Waals surface area contributed by atoms with E-state index in [0.717, 1.165) is 0 Å². The van der Waals surface area contributed by atoms with Crippen LogP contribution in [0.4, 0.5) is 0 Å². The fourth-order valence-corrected chi connectivity index (χ4v) is 2.40. The molecule has 1 aliphatic carbocycles. The zero-order valence-corrected chi connectivity index (χ0v) is 9.91. The number of hydrogen-bond donors (Lipinski definition) is 0. The number of halogens is 1. The molecule has 2 rings (SSSR count). The predicted octanol–water partition coefficient (Wildman–Crippen LogP) is 3.33. The van der Waals surface area contributed by atoms with Crippen molar-refractivity contribution in [3.63, 3.8) is 0 Å². The molecule has 0 atom stereocenters. The summed E-state index contributed by atoms with van der Waals surface area (Å²) < 4.78 is 2.73. The maximum Gasteiger partial charge on any atom is 0.217 e. The minimum atomic E-state index is 0.578. The zero-order chi connectivity index (χ0) is 9.80. The van der Waals surface area contributed by atoms with Crippen molar-refractivity contribution in [1.82, 2.24) is 14.8 Å². The molecule has 1 aromatic rings. The third-order valence-electron chi connectivity index (χ3n) is 2.93. The molecule has 1 aromatic heterocycles. The summed E-state index contributed by atoms with van der Waals surface area (Å²) in [4.78, 5) is 4.11. The van der Waals surface area contributed by atoms with Gasteiger partial charge in [0, 0.05) is 0 Å². The second-order valence-corrected chi connectivity index (χ2v) is 4.70. The Morgan fingerprint density at radius 2 is 1.79 bits per heavy atom. The van der Waals surface area contributed by atoms with E-state index in [4.69, 9.17) is 0 Å². The van der Waals surface area contributed by atoms with Gasteiger partial charge in [-0.15, -0.1) is 5.10 Å². The number of rotatable bonds is 1. The van der Waals surface area contributed by atoms with Crippen molar-refractivity contribution < 1.29 is 0 Å². The van der Waals surface area contributed by atoms with E-state index in [1.54, 1.807) is 0 Å². The number of hydrogen-bond acceptors (Lipinski definition) is 2. The van der Waals surface area contributed by atoms with Gasteiger partial charge < -0.3 is 0 Å². The molecule has 0 bridgehead atoms. The molecule has 0 unspecified atom stereocenters. The summed E-state index contributed by atoms with van der Waals surface area (Å²) in [7, 11) is 0. The highest BCUT2D eigenvalue weighted by Crippen LogP contribution is 2.25. The summed E-state index contributed by atoms with van der Waals surface area (Å²) in [5.74, 6) is 0. The first-order valence-corrected chi connectivity index (χ1v) is 6.22. The van der Waals surface area contributed by atoms with E-state index < -0.39 is 0 Å². The minimum Gasteiger partial charge on any atom is -0.249 e. The van der Waals surface area contributed by atoms with Crippen molar-refractivity contribution in [3.8, 4) is 0 Å². The molecule has 4 heteroatoms. The largest absolute Gasteiger partial charge is 0.249 e. The third kappa shape index (κ3) is 2.56. The molecule has 1 saturated carbocycles. The Morgan fingerprint density at radius 3 is 2.36 bits per heavy atom. The smallest absolute Gasteiger partial charge is 0.217 e. The Balaban J connectivity index is 2.00. The summed E-state index contributed by atoms with van der Waals surface area (Å²) in [6, 6.07) is 0.578. The topological polar surface area (TPSA) is 30.7 Å². The van der Waals surface area contributed by atoms with Gasteiger partial charge in [0.25, 0.3) is 0 Å². The second-order valence-electron chi connectivity index (χ2n) is 3.99. The van der Waals surface area contributed by atoms with Crippen LogP contribution in [0.15, 0.2) is 11.1 Å². The fourth-order valence-electron chi connectivity index (χ4n) is 2.13. The Hall–Kier alpha value is -0.380. The van der Waals surface area contributed by atoms with E-state index in [1.807, 2.05) is 11.0 Å². The average Bonchev–Trinajstić information content (AvgIpc) is 2.51. The van der Waals surface area contributed by atoms with Crippen LogP contribution in [0.25, 0.3) is 0 Å². The lowest BCUT2D eigenvalue weighted by Crippen LogP contribution is -2.11. The Morgan fingerprint density at radius 1 is 1.14 bits per heavy atom. The molecule has 14 heavy (non-hydrogen) atoms. The first kappa shape index (κ1) is 10.1. The van der Waals surface area contributed by atoms with E-state index in [-0.39, 0.29) is 0 Å². The molecular formula is C10H16BrN3. The molecule has 0 aliphatic heterocycles. The van der Waals surface area contributed by atoms with Crippen LogP contribution < -0.4 is 0 Å². The molecule has 0 spiro atoms. The Kier molecular flexibility index (Phi) is 3.56. The highest BCUT2D eigenvalue weighted by molar-refractivity contribution is 9.10. The second kappa shape index (κ2) is 4.91. The SMILES string of the molecule is Brc1ncn(C2CCCCCCC2)n1. The van der Waals surface area contributed by atoms with Crippen LogP contribution in [0.2, 0.25) is 0 Å². The molecule has 0 aromatic carbocycles. The summed E-state index contributed by atoms with van der Waals surface area (Å²) in [6.07, 6.45) is 11.2. The van der Waals surface area contributed by atoms with Gasteiger partial charge in [0.1, 0.15) is 6.33 Å². The van der Waals surface area contributed by atoms with Crippen LogP contribution in [0.1, 0.15) is 51.0 Å². The van der Waals surface area contributed by atoms with Crippen LogP contribution in [-0.4, -0.2) is 14.8 Å². The van der Waals surface area contributed by atoms with Crippen LogP contribution in [0, 0.1) is 0 Å². The lowest BCUT2D eigenvalue weighted by molar-refractivity contribution is 0.346. The van der Waals surface area contributed by atoms with E-state index in [0.29, 0.717) is 10.8 Å². The van der Waals surface area contributed by atoms with Gasteiger partial charge in [-0.3, -0.25) is 0 Å². The average molecular weight is 258 g/mol. The molecule has 0 amide bonds. The summed E-state index contributed by atoms with van der Waals surface area (Å²) >= 11 is 3.29. The molecule has 0 saturated heterocycles. The van der Waals surface area contributed by atoms with Crippen LogP contribution in [0.5, 0.6) is 0 Å².